The highest BCUT2D eigenvalue weighted by molar-refractivity contribution is 9.09. The average molecular weight is 406 g/mol. The van der Waals surface area contributed by atoms with E-state index in [9.17, 15) is 4.39 Å². The molecular weight excluding hydrogens is 391 g/mol. The Morgan fingerprint density at radius 3 is 2.37 bits per heavy atom. The fourth-order valence-electron chi connectivity index (χ4n) is 2.16. The summed E-state index contributed by atoms with van der Waals surface area (Å²) in [5.74, 6) is -0.118. The Kier molecular flexibility index (Phi) is 5.60. The second-order valence-electron chi connectivity index (χ2n) is 4.61. The van der Waals surface area contributed by atoms with E-state index in [1.807, 2.05) is 12.1 Å². The summed E-state index contributed by atoms with van der Waals surface area (Å²) in [5.41, 5.74) is 0.593. The van der Waals surface area contributed by atoms with E-state index in [0.717, 1.165) is 29.1 Å². The van der Waals surface area contributed by atoms with Crippen molar-refractivity contribution in [3.05, 3.63) is 58.0 Å². The van der Waals surface area contributed by atoms with Gasteiger partial charge in [0.25, 0.3) is 0 Å². The summed E-state index contributed by atoms with van der Waals surface area (Å²) in [6, 6.07) is 11.3. The lowest BCUT2D eigenvalue weighted by atomic mass is 9.80. The zero-order valence-electron chi connectivity index (χ0n) is 10.4. The van der Waals surface area contributed by atoms with Gasteiger partial charge in [-0.05, 0) is 35.9 Å². The summed E-state index contributed by atoms with van der Waals surface area (Å²) >= 11 is 8.91. The van der Waals surface area contributed by atoms with Crippen molar-refractivity contribution in [2.75, 3.05) is 10.7 Å². The summed E-state index contributed by atoms with van der Waals surface area (Å²) < 4.78 is 14.1. The Labute approximate surface area is 134 Å². The third-order valence-corrected chi connectivity index (χ3v) is 6.47. The van der Waals surface area contributed by atoms with Crippen molar-refractivity contribution >= 4 is 43.2 Å². The molecule has 0 atom stereocenters. The fraction of sp³-hybridized carbons (Fsp3) is 0.333. The van der Waals surface area contributed by atoms with Gasteiger partial charge in [-0.2, -0.15) is 0 Å². The lowest BCUT2D eigenvalue weighted by Gasteiger charge is -2.31. The van der Waals surface area contributed by atoms with E-state index in [4.69, 9.17) is 0 Å². The average Bonchev–Trinajstić information content (AvgIpc) is 2.95. The molecule has 0 saturated heterocycles. The molecule has 0 nitrogen and oxygen atoms in total. The first-order valence-electron chi connectivity index (χ1n) is 6.11. The number of thiophene rings is 1. The van der Waals surface area contributed by atoms with E-state index < -0.39 is 0 Å². The molecule has 0 radical (unpaired) electrons. The number of rotatable bonds is 6. The van der Waals surface area contributed by atoms with E-state index in [1.54, 1.807) is 23.5 Å². The molecule has 2 aromatic rings. The first kappa shape index (κ1) is 15.2. The topological polar surface area (TPSA) is 0 Å². The Bertz CT molecular complexity index is 507. The number of hydrogen-bond acceptors (Lipinski definition) is 1. The lowest BCUT2D eigenvalue weighted by Crippen LogP contribution is -2.32. The number of benzene rings is 1. The van der Waals surface area contributed by atoms with Crippen LogP contribution in [0.2, 0.25) is 0 Å². The van der Waals surface area contributed by atoms with Crippen LogP contribution in [0, 0.1) is 5.82 Å². The second kappa shape index (κ2) is 7.00. The van der Waals surface area contributed by atoms with Crippen molar-refractivity contribution in [3.8, 4) is 0 Å². The smallest absolute Gasteiger partial charge is 0.127 e. The van der Waals surface area contributed by atoms with Gasteiger partial charge in [0.1, 0.15) is 5.82 Å². The second-order valence-corrected chi connectivity index (χ2v) is 6.76. The van der Waals surface area contributed by atoms with Crippen molar-refractivity contribution < 1.29 is 4.39 Å². The van der Waals surface area contributed by atoms with Crippen molar-refractivity contribution in [3.63, 3.8) is 0 Å². The summed E-state index contributed by atoms with van der Waals surface area (Å²) in [5, 5.41) is 3.58. The zero-order chi connectivity index (χ0) is 13.7. The molecule has 19 heavy (non-hydrogen) atoms. The molecule has 0 unspecified atom stereocenters. The van der Waals surface area contributed by atoms with Crippen LogP contribution in [0.25, 0.3) is 0 Å². The van der Waals surface area contributed by atoms with Gasteiger partial charge in [-0.25, -0.2) is 4.39 Å². The number of aryl methyl sites for hydroxylation is 1. The molecule has 0 bridgehead atoms. The van der Waals surface area contributed by atoms with Crippen molar-refractivity contribution in [1.82, 2.24) is 0 Å². The summed E-state index contributed by atoms with van der Waals surface area (Å²) in [6.45, 7) is 0. The van der Waals surface area contributed by atoms with Gasteiger partial charge in [0.2, 0.25) is 0 Å². The van der Waals surface area contributed by atoms with Gasteiger partial charge in [-0.3, -0.25) is 0 Å². The van der Waals surface area contributed by atoms with Gasteiger partial charge in [0.15, 0.2) is 0 Å². The van der Waals surface area contributed by atoms with Crippen LogP contribution in [0.3, 0.4) is 0 Å². The summed E-state index contributed by atoms with van der Waals surface area (Å²) in [7, 11) is 0. The molecule has 0 amide bonds. The van der Waals surface area contributed by atoms with Crippen LogP contribution in [0.15, 0.2) is 41.8 Å². The van der Waals surface area contributed by atoms with Crippen LogP contribution in [0.5, 0.6) is 0 Å². The molecule has 0 fully saturated rings. The van der Waals surface area contributed by atoms with E-state index in [0.29, 0.717) is 0 Å². The largest absolute Gasteiger partial charge is 0.207 e. The standard InChI is InChI=1S/C15H15Br2FS/c16-10-15(11-17,8-7-12-4-3-9-19-12)13-5-1-2-6-14(13)18/h1-6,9H,7-8,10-11H2. The predicted molar refractivity (Wildman–Crippen MR) is 88.3 cm³/mol. The number of hydrogen-bond donors (Lipinski definition) is 0. The van der Waals surface area contributed by atoms with Gasteiger partial charge in [0.05, 0.1) is 0 Å². The highest BCUT2D eigenvalue weighted by atomic mass is 79.9. The molecule has 0 aliphatic rings. The minimum atomic E-state index is -0.199. The van der Waals surface area contributed by atoms with Crippen LogP contribution in [-0.2, 0) is 11.8 Å². The van der Waals surface area contributed by atoms with Crippen molar-refractivity contribution in [2.45, 2.75) is 18.3 Å². The molecule has 1 aromatic carbocycles. The Hall–Kier alpha value is -0.190. The molecule has 0 saturated carbocycles. The predicted octanol–water partition coefficient (Wildman–Crippen LogP) is 5.55. The van der Waals surface area contributed by atoms with Gasteiger partial charge in [-0.15, -0.1) is 11.3 Å². The van der Waals surface area contributed by atoms with E-state index in [2.05, 4.69) is 49.4 Å². The van der Waals surface area contributed by atoms with E-state index >= 15 is 0 Å². The quantitative estimate of drug-likeness (QED) is 0.552. The first-order chi connectivity index (χ1) is 9.22. The third kappa shape index (κ3) is 3.47. The maximum Gasteiger partial charge on any atom is 0.127 e. The molecular formula is C15H15Br2FS. The van der Waals surface area contributed by atoms with E-state index in [-0.39, 0.29) is 11.2 Å². The van der Waals surface area contributed by atoms with Crippen LogP contribution in [0.1, 0.15) is 16.9 Å². The van der Waals surface area contributed by atoms with Gasteiger partial charge >= 0.3 is 0 Å². The monoisotopic (exact) mass is 404 g/mol. The minimum Gasteiger partial charge on any atom is -0.207 e. The SMILES string of the molecule is Fc1ccccc1C(CBr)(CBr)CCc1cccs1. The molecule has 2 rings (SSSR count). The van der Waals surface area contributed by atoms with Gasteiger partial charge in [-0.1, -0.05) is 56.1 Å². The van der Waals surface area contributed by atoms with Crippen LogP contribution in [0.4, 0.5) is 4.39 Å². The third-order valence-electron chi connectivity index (χ3n) is 3.39. The van der Waals surface area contributed by atoms with Gasteiger partial charge in [0, 0.05) is 21.0 Å². The normalized spacial score (nSPS) is 11.7. The Balaban J connectivity index is 2.24. The summed E-state index contributed by atoms with van der Waals surface area (Å²) in [6.07, 6.45) is 1.90. The van der Waals surface area contributed by atoms with Gasteiger partial charge < -0.3 is 0 Å². The molecule has 102 valence electrons. The van der Waals surface area contributed by atoms with Crippen LogP contribution >= 0.6 is 43.2 Å². The molecule has 0 aliphatic carbocycles. The molecule has 4 heteroatoms. The molecule has 1 aromatic heterocycles. The lowest BCUT2D eigenvalue weighted by molar-refractivity contribution is 0.471. The highest BCUT2D eigenvalue weighted by Crippen LogP contribution is 2.35. The Morgan fingerprint density at radius 1 is 1.05 bits per heavy atom. The maximum atomic E-state index is 14.1. The number of halogens is 3. The first-order valence-corrected chi connectivity index (χ1v) is 9.23. The molecule has 0 aliphatic heterocycles. The summed E-state index contributed by atoms with van der Waals surface area (Å²) in [4.78, 5) is 1.35. The number of alkyl halides is 2. The zero-order valence-corrected chi connectivity index (χ0v) is 14.4. The van der Waals surface area contributed by atoms with Crippen LogP contribution in [-0.4, -0.2) is 10.7 Å². The maximum absolute atomic E-state index is 14.1. The highest BCUT2D eigenvalue weighted by Gasteiger charge is 2.32. The van der Waals surface area contributed by atoms with E-state index in [1.165, 1.54) is 4.88 Å². The fourth-order valence-corrected chi connectivity index (χ4v) is 4.96. The molecule has 0 N–H and O–H groups in total. The van der Waals surface area contributed by atoms with Crippen molar-refractivity contribution in [2.24, 2.45) is 0 Å². The van der Waals surface area contributed by atoms with Crippen LogP contribution < -0.4 is 0 Å². The molecule has 0 spiro atoms. The minimum absolute atomic E-state index is 0.118. The van der Waals surface area contributed by atoms with Crippen molar-refractivity contribution in [1.29, 1.82) is 0 Å². The molecule has 1 heterocycles. The Morgan fingerprint density at radius 2 is 1.79 bits per heavy atom.